The summed E-state index contributed by atoms with van der Waals surface area (Å²) in [7, 11) is 1.96. The number of aromatic nitrogens is 3. The Morgan fingerprint density at radius 3 is 2.44 bits per heavy atom. The van der Waals surface area contributed by atoms with Gasteiger partial charge in [0.1, 0.15) is 5.82 Å². The normalized spacial score (nSPS) is 15.7. The van der Waals surface area contributed by atoms with Gasteiger partial charge in [-0.25, -0.2) is 0 Å². The van der Waals surface area contributed by atoms with Crippen LogP contribution in [0.3, 0.4) is 0 Å². The second-order valence-electron chi connectivity index (χ2n) is 7.22. The Kier molecular flexibility index (Phi) is 5.94. The van der Waals surface area contributed by atoms with Crippen molar-refractivity contribution in [2.45, 2.75) is 62.9 Å². The first-order chi connectivity index (χ1) is 12.1. The monoisotopic (exact) mass is 357 g/mol. The highest BCUT2D eigenvalue weighted by molar-refractivity contribution is 7.99. The molecule has 25 heavy (non-hydrogen) atoms. The zero-order chi connectivity index (χ0) is 17.8. The van der Waals surface area contributed by atoms with Crippen LogP contribution in [0.5, 0.6) is 0 Å². The number of thioether (sulfide) groups is 1. The van der Waals surface area contributed by atoms with Crippen molar-refractivity contribution in [2.75, 3.05) is 5.75 Å². The Morgan fingerprint density at radius 2 is 1.84 bits per heavy atom. The molecular formula is C20H27N3OS. The third-order valence-corrected chi connectivity index (χ3v) is 6.05. The van der Waals surface area contributed by atoms with Gasteiger partial charge in [-0.3, -0.25) is 4.79 Å². The molecule has 1 saturated carbocycles. The third kappa shape index (κ3) is 4.32. The van der Waals surface area contributed by atoms with E-state index in [4.69, 9.17) is 0 Å². The van der Waals surface area contributed by atoms with Crippen LogP contribution in [0.25, 0.3) is 0 Å². The van der Waals surface area contributed by atoms with Crippen molar-refractivity contribution in [3.8, 4) is 0 Å². The van der Waals surface area contributed by atoms with Gasteiger partial charge in [0, 0.05) is 18.5 Å². The Labute approximate surface area is 154 Å². The van der Waals surface area contributed by atoms with E-state index in [9.17, 15) is 4.79 Å². The second kappa shape index (κ2) is 8.17. The molecular weight excluding hydrogens is 330 g/mol. The SMILES string of the molecule is CC(C)c1nnc(SCC(=O)c2ccc(C3CCCCC3)cc2)n1C. The van der Waals surface area contributed by atoms with E-state index in [1.54, 1.807) is 0 Å². The van der Waals surface area contributed by atoms with Gasteiger partial charge in [-0.05, 0) is 24.3 Å². The van der Waals surface area contributed by atoms with Crippen LogP contribution in [-0.2, 0) is 7.05 Å². The summed E-state index contributed by atoms with van der Waals surface area (Å²) in [4.78, 5) is 12.5. The molecule has 0 saturated heterocycles. The lowest BCUT2D eigenvalue weighted by Gasteiger charge is -2.22. The van der Waals surface area contributed by atoms with Crippen LogP contribution in [-0.4, -0.2) is 26.3 Å². The second-order valence-corrected chi connectivity index (χ2v) is 8.17. The van der Waals surface area contributed by atoms with Gasteiger partial charge in [0.05, 0.1) is 5.75 Å². The molecule has 0 atom stereocenters. The van der Waals surface area contributed by atoms with Crippen molar-refractivity contribution in [3.05, 3.63) is 41.2 Å². The molecule has 1 aliphatic rings. The van der Waals surface area contributed by atoms with Crippen LogP contribution in [0, 0.1) is 0 Å². The number of carbonyl (C=O) groups is 1. The number of benzene rings is 1. The Balaban J connectivity index is 1.59. The maximum absolute atomic E-state index is 12.5. The molecule has 1 fully saturated rings. The van der Waals surface area contributed by atoms with Gasteiger partial charge >= 0.3 is 0 Å². The van der Waals surface area contributed by atoms with Gasteiger partial charge in [0.2, 0.25) is 0 Å². The largest absolute Gasteiger partial charge is 0.309 e. The minimum atomic E-state index is 0.147. The predicted octanol–water partition coefficient (Wildman–Crippen LogP) is 4.96. The number of hydrogen-bond acceptors (Lipinski definition) is 4. The molecule has 0 bridgehead atoms. The summed E-state index contributed by atoms with van der Waals surface area (Å²) in [5, 5.41) is 9.21. The summed E-state index contributed by atoms with van der Waals surface area (Å²) in [6, 6.07) is 8.27. The van der Waals surface area contributed by atoms with E-state index in [2.05, 4.69) is 36.2 Å². The zero-order valence-electron chi connectivity index (χ0n) is 15.4. The Hall–Kier alpha value is -1.62. The molecule has 2 aromatic rings. The fourth-order valence-electron chi connectivity index (χ4n) is 3.55. The summed E-state index contributed by atoms with van der Waals surface area (Å²) in [5.74, 6) is 2.50. The molecule has 1 heterocycles. The number of rotatable bonds is 6. The minimum Gasteiger partial charge on any atom is -0.309 e. The zero-order valence-corrected chi connectivity index (χ0v) is 16.2. The van der Waals surface area contributed by atoms with E-state index in [1.807, 2.05) is 23.7 Å². The van der Waals surface area contributed by atoms with Crippen LogP contribution < -0.4 is 0 Å². The van der Waals surface area contributed by atoms with Gasteiger partial charge in [0.25, 0.3) is 0 Å². The maximum atomic E-state index is 12.5. The van der Waals surface area contributed by atoms with Crippen molar-refractivity contribution < 1.29 is 4.79 Å². The smallest absolute Gasteiger partial charge is 0.191 e. The summed E-state index contributed by atoms with van der Waals surface area (Å²) >= 11 is 1.46. The summed E-state index contributed by atoms with van der Waals surface area (Å²) < 4.78 is 1.98. The van der Waals surface area contributed by atoms with E-state index in [0.717, 1.165) is 16.5 Å². The fourth-order valence-corrected chi connectivity index (χ4v) is 4.36. The number of Topliss-reactive ketones (excluding diaryl/α,β-unsaturated/α-hetero) is 1. The fraction of sp³-hybridized carbons (Fsp3) is 0.550. The van der Waals surface area contributed by atoms with Gasteiger partial charge in [-0.2, -0.15) is 0 Å². The first kappa shape index (κ1) is 18.2. The quantitative estimate of drug-likeness (QED) is 0.541. The van der Waals surface area contributed by atoms with Crippen LogP contribution in [0.2, 0.25) is 0 Å². The summed E-state index contributed by atoms with van der Waals surface area (Å²) in [6.45, 7) is 4.19. The average molecular weight is 358 g/mol. The molecule has 134 valence electrons. The summed E-state index contributed by atoms with van der Waals surface area (Å²) in [5.41, 5.74) is 2.18. The molecule has 0 aliphatic heterocycles. The van der Waals surface area contributed by atoms with Gasteiger partial charge < -0.3 is 4.57 Å². The highest BCUT2D eigenvalue weighted by Gasteiger charge is 2.17. The lowest BCUT2D eigenvalue weighted by atomic mass is 9.84. The molecule has 5 heteroatoms. The molecule has 4 nitrogen and oxygen atoms in total. The van der Waals surface area contributed by atoms with Crippen LogP contribution in [0.1, 0.15) is 79.5 Å². The standard InChI is InChI=1S/C20H27N3OS/c1-14(2)19-21-22-20(23(19)3)25-13-18(24)17-11-9-16(10-12-17)15-7-5-4-6-8-15/h9-12,14-15H,4-8,13H2,1-3H3. The highest BCUT2D eigenvalue weighted by Crippen LogP contribution is 2.32. The van der Waals surface area contributed by atoms with Crippen molar-refractivity contribution in [2.24, 2.45) is 7.05 Å². The van der Waals surface area contributed by atoms with E-state index in [-0.39, 0.29) is 5.78 Å². The molecule has 0 radical (unpaired) electrons. The average Bonchev–Trinajstić information content (AvgIpc) is 3.01. The topological polar surface area (TPSA) is 47.8 Å². The Bertz CT molecular complexity index is 715. The molecule has 1 aliphatic carbocycles. The lowest BCUT2D eigenvalue weighted by Crippen LogP contribution is -2.07. The van der Waals surface area contributed by atoms with E-state index < -0.39 is 0 Å². The molecule has 3 rings (SSSR count). The summed E-state index contributed by atoms with van der Waals surface area (Å²) in [6.07, 6.45) is 6.60. The predicted molar refractivity (Wildman–Crippen MR) is 102 cm³/mol. The van der Waals surface area contributed by atoms with Crippen molar-refractivity contribution >= 4 is 17.5 Å². The molecule has 1 aromatic heterocycles. The van der Waals surface area contributed by atoms with Crippen molar-refractivity contribution in [3.63, 3.8) is 0 Å². The molecule has 1 aromatic carbocycles. The Morgan fingerprint density at radius 1 is 1.16 bits per heavy atom. The van der Waals surface area contributed by atoms with E-state index in [0.29, 0.717) is 17.6 Å². The van der Waals surface area contributed by atoms with E-state index in [1.165, 1.54) is 49.4 Å². The number of nitrogens with zero attached hydrogens (tertiary/aromatic N) is 3. The third-order valence-electron chi connectivity index (χ3n) is 5.03. The maximum Gasteiger partial charge on any atom is 0.191 e. The van der Waals surface area contributed by atoms with Gasteiger partial charge in [-0.1, -0.05) is 69.1 Å². The van der Waals surface area contributed by atoms with E-state index >= 15 is 0 Å². The van der Waals surface area contributed by atoms with Gasteiger partial charge in [0.15, 0.2) is 10.9 Å². The van der Waals surface area contributed by atoms with Crippen molar-refractivity contribution in [1.29, 1.82) is 0 Å². The molecule has 0 amide bonds. The first-order valence-electron chi connectivity index (χ1n) is 9.21. The number of hydrogen-bond donors (Lipinski definition) is 0. The van der Waals surface area contributed by atoms with Crippen LogP contribution in [0.15, 0.2) is 29.4 Å². The molecule has 0 unspecified atom stereocenters. The van der Waals surface area contributed by atoms with Gasteiger partial charge in [-0.15, -0.1) is 10.2 Å². The highest BCUT2D eigenvalue weighted by atomic mass is 32.2. The molecule has 0 spiro atoms. The van der Waals surface area contributed by atoms with Crippen molar-refractivity contribution in [1.82, 2.24) is 14.8 Å². The van der Waals surface area contributed by atoms with Crippen LogP contribution in [0.4, 0.5) is 0 Å². The molecule has 0 N–H and O–H groups in total. The minimum absolute atomic E-state index is 0.147. The lowest BCUT2D eigenvalue weighted by molar-refractivity contribution is 0.102. The number of carbonyl (C=O) groups excluding carboxylic acids is 1. The van der Waals surface area contributed by atoms with Crippen LogP contribution >= 0.6 is 11.8 Å². The first-order valence-corrected chi connectivity index (χ1v) is 10.2. The number of ketones is 1.